The molecule has 4 heteroatoms. The van der Waals surface area contributed by atoms with Crippen LogP contribution >= 0.6 is 11.3 Å². The van der Waals surface area contributed by atoms with Crippen molar-refractivity contribution in [2.45, 2.75) is 26.2 Å². The maximum atomic E-state index is 5.51. The predicted octanol–water partition coefficient (Wildman–Crippen LogP) is 8.22. The van der Waals surface area contributed by atoms with E-state index in [9.17, 15) is 0 Å². The fourth-order valence-electron chi connectivity index (χ4n) is 4.46. The summed E-state index contributed by atoms with van der Waals surface area (Å²) >= 11 is 1.78. The third-order valence-corrected chi connectivity index (χ3v) is 7.20. The van der Waals surface area contributed by atoms with Crippen LogP contribution in [0.15, 0.2) is 83.7 Å². The fourth-order valence-corrected chi connectivity index (χ4v) is 5.67. The highest BCUT2D eigenvalue weighted by molar-refractivity contribution is 7.22. The molecule has 0 spiro atoms. The van der Waals surface area contributed by atoms with Crippen molar-refractivity contribution < 1.29 is 4.42 Å². The predicted molar refractivity (Wildman–Crippen MR) is 134 cm³/mol. The minimum atomic E-state index is 0.0358. The summed E-state index contributed by atoms with van der Waals surface area (Å²) in [5.41, 5.74) is 5.39. The summed E-state index contributed by atoms with van der Waals surface area (Å²) in [7, 11) is 0. The second-order valence-corrected chi connectivity index (χ2v) is 10.2. The van der Waals surface area contributed by atoms with E-state index in [1.54, 1.807) is 17.6 Å². The van der Waals surface area contributed by atoms with Gasteiger partial charge in [0.15, 0.2) is 0 Å². The molecule has 32 heavy (non-hydrogen) atoms. The van der Waals surface area contributed by atoms with Gasteiger partial charge in [-0.25, -0.2) is 4.98 Å². The van der Waals surface area contributed by atoms with Gasteiger partial charge in [-0.2, -0.15) is 0 Å². The smallest absolute Gasteiger partial charge is 0.226 e. The largest absolute Gasteiger partial charge is 0.446 e. The van der Waals surface area contributed by atoms with Crippen LogP contribution in [0.3, 0.4) is 0 Å². The fraction of sp³-hybridized carbons (Fsp3) is 0.143. The van der Waals surface area contributed by atoms with Crippen molar-refractivity contribution in [2.24, 2.45) is 0 Å². The molecule has 0 bridgehead atoms. The molecule has 0 fully saturated rings. The molecule has 0 N–H and O–H groups in total. The van der Waals surface area contributed by atoms with E-state index in [2.05, 4.69) is 80.4 Å². The molecule has 4 aromatic heterocycles. The van der Waals surface area contributed by atoms with Crippen molar-refractivity contribution >= 4 is 43.3 Å². The summed E-state index contributed by atoms with van der Waals surface area (Å²) < 4.78 is 6.71. The summed E-state index contributed by atoms with van der Waals surface area (Å²) in [5.74, 6) is 0. The molecule has 6 aromatic rings. The minimum Gasteiger partial charge on any atom is -0.446 e. The van der Waals surface area contributed by atoms with Crippen molar-refractivity contribution in [3.05, 3.63) is 84.9 Å². The van der Waals surface area contributed by atoms with Gasteiger partial charge in [0.1, 0.15) is 0 Å². The standard InChI is InChI=1S/C28H22N2OS/c1-28(2,3)23-15-19(14-17-6-4-5-7-20(17)23)25-26-18(8-11-29-25)16-24(32-26)21-9-12-30-27-22(21)10-13-31-27/h4-16H,1-3H3. The van der Waals surface area contributed by atoms with Gasteiger partial charge in [0.2, 0.25) is 5.71 Å². The Morgan fingerprint density at radius 3 is 2.53 bits per heavy atom. The van der Waals surface area contributed by atoms with Crippen LogP contribution in [0.1, 0.15) is 26.3 Å². The van der Waals surface area contributed by atoms with E-state index >= 15 is 0 Å². The first-order valence-electron chi connectivity index (χ1n) is 10.7. The van der Waals surface area contributed by atoms with E-state index in [1.165, 1.54) is 31.3 Å². The van der Waals surface area contributed by atoms with Crippen molar-refractivity contribution in [3.63, 3.8) is 0 Å². The lowest BCUT2D eigenvalue weighted by atomic mass is 9.82. The second kappa shape index (κ2) is 7.01. The molecule has 0 saturated carbocycles. The molecule has 0 radical (unpaired) electrons. The molecule has 6 rings (SSSR count). The first-order valence-corrected chi connectivity index (χ1v) is 11.6. The van der Waals surface area contributed by atoms with Crippen LogP contribution < -0.4 is 0 Å². The Bertz CT molecular complexity index is 1620. The highest BCUT2D eigenvalue weighted by atomic mass is 32.1. The lowest BCUT2D eigenvalue weighted by Crippen LogP contribution is -2.12. The van der Waals surface area contributed by atoms with E-state index in [0.29, 0.717) is 5.71 Å². The van der Waals surface area contributed by atoms with Gasteiger partial charge >= 0.3 is 0 Å². The molecule has 0 unspecified atom stereocenters. The lowest BCUT2D eigenvalue weighted by Gasteiger charge is -2.22. The number of rotatable bonds is 2. The Morgan fingerprint density at radius 2 is 1.66 bits per heavy atom. The quantitative estimate of drug-likeness (QED) is 0.275. The Balaban J connectivity index is 1.60. The number of pyridine rings is 2. The van der Waals surface area contributed by atoms with Crippen LogP contribution in [-0.2, 0) is 5.41 Å². The molecule has 0 saturated heterocycles. The number of hydrogen-bond donors (Lipinski definition) is 0. The molecule has 0 aliphatic heterocycles. The second-order valence-electron chi connectivity index (χ2n) is 9.18. The Morgan fingerprint density at radius 1 is 0.812 bits per heavy atom. The Labute approximate surface area is 190 Å². The number of thiophene rings is 1. The van der Waals surface area contributed by atoms with Crippen LogP contribution in [0.5, 0.6) is 0 Å². The van der Waals surface area contributed by atoms with Crippen molar-refractivity contribution in [1.29, 1.82) is 0 Å². The first-order chi connectivity index (χ1) is 15.5. The molecule has 2 aromatic carbocycles. The molecule has 4 heterocycles. The van der Waals surface area contributed by atoms with E-state index in [0.717, 1.165) is 22.2 Å². The van der Waals surface area contributed by atoms with Gasteiger partial charge in [-0.3, -0.25) is 4.98 Å². The molecule has 0 aliphatic carbocycles. The number of fused-ring (bicyclic) bond motifs is 3. The van der Waals surface area contributed by atoms with Gasteiger partial charge in [-0.1, -0.05) is 45.0 Å². The van der Waals surface area contributed by atoms with Gasteiger partial charge in [0.25, 0.3) is 0 Å². The van der Waals surface area contributed by atoms with E-state index in [4.69, 9.17) is 9.40 Å². The monoisotopic (exact) mass is 434 g/mol. The third-order valence-electron chi connectivity index (χ3n) is 6.01. The molecule has 0 aliphatic rings. The van der Waals surface area contributed by atoms with Crippen LogP contribution in [0, 0.1) is 0 Å². The highest BCUT2D eigenvalue weighted by Gasteiger charge is 2.20. The third kappa shape index (κ3) is 3.02. The summed E-state index contributed by atoms with van der Waals surface area (Å²) in [5, 5.41) is 4.80. The van der Waals surface area contributed by atoms with E-state index < -0.39 is 0 Å². The maximum Gasteiger partial charge on any atom is 0.226 e. The number of benzene rings is 2. The van der Waals surface area contributed by atoms with E-state index in [1.807, 2.05) is 18.5 Å². The molecule has 156 valence electrons. The zero-order valence-electron chi connectivity index (χ0n) is 18.2. The van der Waals surface area contributed by atoms with Gasteiger partial charge in [-0.05, 0) is 63.5 Å². The average Bonchev–Trinajstić information content (AvgIpc) is 3.44. The molecule has 0 atom stereocenters. The number of nitrogens with zero attached hydrogens (tertiary/aromatic N) is 2. The summed E-state index contributed by atoms with van der Waals surface area (Å²) in [6.45, 7) is 6.82. The molecular formula is C28H22N2OS. The highest BCUT2D eigenvalue weighted by Crippen LogP contribution is 2.42. The first kappa shape index (κ1) is 19.2. The average molecular weight is 435 g/mol. The van der Waals surface area contributed by atoms with Gasteiger partial charge in [0.05, 0.1) is 16.7 Å². The number of aromatic nitrogens is 2. The molecule has 3 nitrogen and oxygen atoms in total. The van der Waals surface area contributed by atoms with Crippen LogP contribution in [0.4, 0.5) is 0 Å². The molecular weight excluding hydrogens is 412 g/mol. The lowest BCUT2D eigenvalue weighted by molar-refractivity contribution is 0.596. The normalized spacial score (nSPS) is 12.2. The van der Waals surface area contributed by atoms with Crippen LogP contribution in [-0.4, -0.2) is 9.97 Å². The number of furan rings is 1. The summed E-state index contributed by atoms with van der Waals surface area (Å²) in [4.78, 5) is 10.4. The Hall–Kier alpha value is -3.50. The summed E-state index contributed by atoms with van der Waals surface area (Å²) in [6.07, 6.45) is 5.42. The van der Waals surface area contributed by atoms with Gasteiger partial charge in [-0.15, -0.1) is 11.3 Å². The maximum absolute atomic E-state index is 5.51. The van der Waals surface area contributed by atoms with Crippen molar-refractivity contribution in [1.82, 2.24) is 9.97 Å². The zero-order chi connectivity index (χ0) is 21.9. The van der Waals surface area contributed by atoms with Crippen LogP contribution in [0.25, 0.3) is 53.7 Å². The summed E-state index contributed by atoms with van der Waals surface area (Å²) in [6, 6.07) is 21.6. The topological polar surface area (TPSA) is 38.9 Å². The number of hydrogen-bond acceptors (Lipinski definition) is 4. The SMILES string of the molecule is CC(C)(C)c1cc(-c2nccc3cc(-c4ccnc5occc45)sc23)cc2ccccc12. The molecule has 0 amide bonds. The Kier molecular flexibility index (Phi) is 4.21. The van der Waals surface area contributed by atoms with Gasteiger partial charge < -0.3 is 4.42 Å². The van der Waals surface area contributed by atoms with Crippen molar-refractivity contribution in [2.75, 3.05) is 0 Å². The zero-order valence-corrected chi connectivity index (χ0v) is 19.0. The minimum absolute atomic E-state index is 0.0358. The van der Waals surface area contributed by atoms with E-state index in [-0.39, 0.29) is 5.41 Å². The van der Waals surface area contributed by atoms with Crippen molar-refractivity contribution in [3.8, 4) is 21.7 Å². The van der Waals surface area contributed by atoms with Gasteiger partial charge in [0, 0.05) is 33.8 Å². The van der Waals surface area contributed by atoms with Crippen LogP contribution in [0.2, 0.25) is 0 Å².